The molecule has 0 atom stereocenters. The smallest absolute Gasteiger partial charge is 0.296 e. The number of benzene rings is 4. The van der Waals surface area contributed by atoms with Crippen LogP contribution in [-0.2, 0) is 20.2 Å². The first-order chi connectivity index (χ1) is 21.4. The van der Waals surface area contributed by atoms with E-state index >= 15 is 0 Å². The Kier molecular flexibility index (Phi) is 8.56. The Hall–Kier alpha value is -5.29. The summed E-state index contributed by atoms with van der Waals surface area (Å²) in [6, 6.07) is 25.5. The Balaban J connectivity index is 1.58. The van der Waals surface area contributed by atoms with Crippen molar-refractivity contribution in [3.05, 3.63) is 109 Å². The van der Waals surface area contributed by atoms with Gasteiger partial charge in [0.15, 0.2) is 5.75 Å². The molecule has 45 heavy (non-hydrogen) atoms. The molecule has 4 aromatic carbocycles. The van der Waals surface area contributed by atoms with Crippen LogP contribution in [0.25, 0.3) is 10.8 Å². The maximum atomic E-state index is 13.8. The van der Waals surface area contributed by atoms with Crippen LogP contribution in [0.3, 0.4) is 0 Å². The van der Waals surface area contributed by atoms with Gasteiger partial charge in [-0.2, -0.15) is 0 Å². The number of fused-ring (bicyclic) bond motifs is 1. The number of carbonyl (C=O) groups is 2. The molecule has 0 aliphatic rings. The summed E-state index contributed by atoms with van der Waals surface area (Å²) in [5.41, 5.74) is 2.42. The van der Waals surface area contributed by atoms with Gasteiger partial charge in [-0.1, -0.05) is 63.2 Å². The lowest BCUT2D eigenvalue weighted by atomic mass is 9.86. The predicted octanol–water partition coefficient (Wildman–Crippen LogP) is 6.60. The first-order valence-electron chi connectivity index (χ1n) is 14.1. The molecule has 230 valence electrons. The number of hydrogen-bond acceptors (Lipinski definition) is 8. The summed E-state index contributed by atoms with van der Waals surface area (Å²) in [6.45, 7) is 5.84. The number of ketones is 1. The first kappa shape index (κ1) is 31.1. The molecule has 1 aromatic heterocycles. The van der Waals surface area contributed by atoms with Crippen molar-refractivity contribution >= 4 is 61.1 Å². The van der Waals surface area contributed by atoms with Crippen molar-refractivity contribution in [2.24, 2.45) is 0 Å². The molecule has 10 nitrogen and oxygen atoms in total. The lowest BCUT2D eigenvalue weighted by molar-refractivity contribution is -0.112. The van der Waals surface area contributed by atoms with Gasteiger partial charge in [-0.25, -0.2) is 18.4 Å². The van der Waals surface area contributed by atoms with Crippen LogP contribution in [0, 0.1) is 0 Å². The fourth-order valence-electron chi connectivity index (χ4n) is 5.02. The van der Waals surface area contributed by atoms with Gasteiger partial charge in [0.1, 0.15) is 12.1 Å². The number of sulfonamides is 1. The summed E-state index contributed by atoms with van der Waals surface area (Å²) in [6.07, 6.45) is 4.15. The fourth-order valence-corrected chi connectivity index (χ4v) is 5.57. The van der Waals surface area contributed by atoms with Gasteiger partial charge in [-0.05, 0) is 58.8 Å². The maximum Gasteiger partial charge on any atom is 0.296 e. The molecular weight excluding hydrogens is 590 g/mol. The molecule has 0 unspecified atom stereocenters. The van der Waals surface area contributed by atoms with Crippen molar-refractivity contribution in [2.45, 2.75) is 26.2 Å². The van der Waals surface area contributed by atoms with Gasteiger partial charge >= 0.3 is 0 Å². The number of rotatable bonds is 9. The van der Waals surface area contributed by atoms with E-state index in [1.165, 1.54) is 13.4 Å². The molecular formula is C34H33N5O5S. The van der Waals surface area contributed by atoms with E-state index in [4.69, 9.17) is 4.74 Å². The number of ether oxygens (including phenoxy) is 1. The zero-order valence-corrected chi connectivity index (χ0v) is 26.3. The van der Waals surface area contributed by atoms with Crippen LogP contribution < -0.4 is 19.7 Å². The number of Topliss-reactive ketones (excluding diaryl/α,β-unsaturated/α-hetero) is 1. The minimum absolute atomic E-state index is 0.0816. The van der Waals surface area contributed by atoms with Crippen LogP contribution in [0.5, 0.6) is 5.75 Å². The van der Waals surface area contributed by atoms with Gasteiger partial charge in [0, 0.05) is 22.8 Å². The van der Waals surface area contributed by atoms with E-state index < -0.39 is 27.1 Å². The van der Waals surface area contributed by atoms with Crippen molar-refractivity contribution in [3.8, 4) is 5.75 Å². The zero-order chi connectivity index (χ0) is 32.4. The average molecular weight is 624 g/mol. The molecule has 1 amide bonds. The number of amides is 1. The molecule has 1 heterocycles. The molecule has 0 bridgehead atoms. The minimum Gasteiger partial charge on any atom is -0.492 e. The van der Waals surface area contributed by atoms with Gasteiger partial charge in [0.25, 0.3) is 11.7 Å². The third kappa shape index (κ3) is 6.78. The van der Waals surface area contributed by atoms with Gasteiger partial charge in [0.2, 0.25) is 10.0 Å². The van der Waals surface area contributed by atoms with Gasteiger partial charge < -0.3 is 10.1 Å². The summed E-state index contributed by atoms with van der Waals surface area (Å²) < 4.78 is 32.2. The number of anilines is 5. The van der Waals surface area contributed by atoms with Crippen LogP contribution in [0.1, 0.15) is 36.7 Å². The van der Waals surface area contributed by atoms with Crippen molar-refractivity contribution in [1.82, 2.24) is 9.97 Å². The molecule has 11 heteroatoms. The number of hydrogen-bond donors (Lipinski definition) is 2. The van der Waals surface area contributed by atoms with E-state index in [0.717, 1.165) is 28.6 Å². The van der Waals surface area contributed by atoms with Crippen LogP contribution in [-0.4, -0.2) is 43.4 Å². The number of carbonyl (C=O) groups excluding carboxylic acids is 2. The average Bonchev–Trinajstić information content (AvgIpc) is 3.00. The highest BCUT2D eigenvalue weighted by molar-refractivity contribution is 7.92. The summed E-state index contributed by atoms with van der Waals surface area (Å²) in [4.78, 5) is 37.8. The normalized spacial score (nSPS) is 11.6. The third-order valence-electron chi connectivity index (χ3n) is 7.11. The number of nitrogens with one attached hydrogen (secondary N) is 2. The largest absolute Gasteiger partial charge is 0.492 e. The van der Waals surface area contributed by atoms with E-state index in [0.29, 0.717) is 11.2 Å². The van der Waals surface area contributed by atoms with E-state index in [9.17, 15) is 18.0 Å². The second-order valence-corrected chi connectivity index (χ2v) is 13.2. The molecule has 5 aromatic rings. The molecule has 0 saturated carbocycles. The van der Waals surface area contributed by atoms with Crippen molar-refractivity contribution in [2.75, 3.05) is 28.3 Å². The molecule has 0 aliphatic carbocycles. The number of aromatic nitrogens is 2. The van der Waals surface area contributed by atoms with E-state index in [-0.39, 0.29) is 22.7 Å². The maximum absolute atomic E-state index is 13.8. The lowest BCUT2D eigenvalue weighted by Gasteiger charge is -2.26. The zero-order valence-electron chi connectivity index (χ0n) is 25.5. The standard InChI is InChI=1S/C34H33N5O5S/c1-34(2,3)22-19-27(32(44-4)28(20-22)38-45(5,42)43)37-33(41)31(40)26-15-16-29(25-14-10-9-13-24(25)26)39(23-11-7-6-8-12-23)30-17-18-35-21-36-30/h6-21,38H,1-5H3,(H,37,41). The Bertz CT molecular complexity index is 1950. The molecule has 0 fully saturated rings. The molecule has 0 saturated heterocycles. The molecule has 5 rings (SSSR count). The Labute approximate surface area is 262 Å². The summed E-state index contributed by atoms with van der Waals surface area (Å²) in [5.74, 6) is -0.967. The number of nitrogens with zero attached hydrogens (tertiary/aromatic N) is 3. The first-order valence-corrected chi connectivity index (χ1v) is 16.0. The minimum atomic E-state index is -3.67. The van der Waals surface area contributed by atoms with Crippen LogP contribution in [0.2, 0.25) is 0 Å². The van der Waals surface area contributed by atoms with Crippen LogP contribution >= 0.6 is 0 Å². The topological polar surface area (TPSA) is 131 Å². The molecule has 0 aliphatic heterocycles. The summed E-state index contributed by atoms with van der Waals surface area (Å²) in [7, 11) is -2.31. The Morgan fingerprint density at radius 1 is 0.867 bits per heavy atom. The van der Waals surface area contributed by atoms with Crippen molar-refractivity contribution < 1.29 is 22.7 Å². The van der Waals surface area contributed by atoms with Crippen molar-refractivity contribution in [1.29, 1.82) is 0 Å². The van der Waals surface area contributed by atoms with Crippen molar-refractivity contribution in [3.63, 3.8) is 0 Å². The summed E-state index contributed by atoms with van der Waals surface area (Å²) in [5, 5.41) is 3.97. The van der Waals surface area contributed by atoms with Crippen LogP contribution in [0.4, 0.5) is 28.6 Å². The summed E-state index contributed by atoms with van der Waals surface area (Å²) >= 11 is 0. The molecule has 0 radical (unpaired) electrons. The second-order valence-electron chi connectivity index (χ2n) is 11.4. The number of para-hydroxylation sites is 1. The lowest BCUT2D eigenvalue weighted by Crippen LogP contribution is -2.24. The second kappa shape index (κ2) is 12.4. The highest BCUT2D eigenvalue weighted by atomic mass is 32.2. The van der Waals surface area contributed by atoms with E-state index in [2.05, 4.69) is 20.0 Å². The van der Waals surface area contributed by atoms with Gasteiger partial charge in [-0.3, -0.25) is 19.2 Å². The third-order valence-corrected chi connectivity index (χ3v) is 7.70. The quantitative estimate of drug-likeness (QED) is 0.139. The van der Waals surface area contributed by atoms with Gasteiger partial charge in [-0.15, -0.1) is 0 Å². The Morgan fingerprint density at radius 2 is 1.53 bits per heavy atom. The molecule has 0 spiro atoms. The predicted molar refractivity (Wildman–Crippen MR) is 177 cm³/mol. The fraction of sp³-hybridized carbons (Fsp3) is 0.176. The highest BCUT2D eigenvalue weighted by Crippen LogP contribution is 2.41. The SMILES string of the molecule is COc1c(NC(=O)C(=O)c2ccc(N(c3ccccc3)c3ccncn3)c3ccccc23)cc(C(C)(C)C)cc1NS(C)(=O)=O. The highest BCUT2D eigenvalue weighted by Gasteiger charge is 2.26. The Morgan fingerprint density at radius 3 is 2.16 bits per heavy atom. The van der Waals surface area contributed by atoms with E-state index in [1.807, 2.05) is 68.1 Å². The van der Waals surface area contributed by atoms with E-state index in [1.54, 1.807) is 48.7 Å². The van der Waals surface area contributed by atoms with Crippen LogP contribution in [0.15, 0.2) is 97.5 Å². The molecule has 2 N–H and O–H groups in total. The monoisotopic (exact) mass is 623 g/mol. The number of methoxy groups -OCH3 is 1. The van der Waals surface area contributed by atoms with Gasteiger partial charge in [0.05, 0.1) is 30.4 Å².